The van der Waals surface area contributed by atoms with Crippen LogP contribution in [-0.2, 0) is 6.42 Å². The highest BCUT2D eigenvalue weighted by Crippen LogP contribution is 2.24. The average molecular weight is 290 g/mol. The second kappa shape index (κ2) is 6.04. The number of carbonyl (C=O) groups excluding carboxylic acids is 1. The number of aryl methyl sites for hydroxylation is 1. The maximum Gasteiger partial charge on any atom is 0.335 e. The third-order valence-corrected chi connectivity index (χ3v) is 2.71. The summed E-state index contributed by atoms with van der Waals surface area (Å²) in [6.45, 7) is 1.97. The lowest BCUT2D eigenvalue weighted by Crippen LogP contribution is -2.14. The number of aromatic nitrogens is 3. The summed E-state index contributed by atoms with van der Waals surface area (Å²) in [5, 5.41) is 27.3. The minimum absolute atomic E-state index is 0.0123. The lowest BCUT2D eigenvalue weighted by atomic mass is 10.2. The van der Waals surface area contributed by atoms with Crippen LogP contribution in [0.5, 0.6) is 5.75 Å². The van der Waals surface area contributed by atoms with Crippen molar-refractivity contribution < 1.29 is 19.8 Å². The van der Waals surface area contributed by atoms with Crippen molar-refractivity contribution >= 4 is 17.6 Å². The minimum atomic E-state index is -1.16. The third kappa shape index (κ3) is 3.35. The summed E-state index contributed by atoms with van der Waals surface area (Å²) in [5.41, 5.74) is -0.0634. The van der Waals surface area contributed by atoms with Crippen LogP contribution in [0, 0.1) is 0 Å². The highest BCUT2D eigenvalue weighted by atomic mass is 16.4. The van der Waals surface area contributed by atoms with Crippen LogP contribution in [0.4, 0.5) is 5.69 Å². The quantitative estimate of drug-likeness (QED) is 0.616. The molecule has 0 aliphatic rings. The Labute approximate surface area is 119 Å². The molecule has 8 heteroatoms. The molecule has 0 aliphatic heterocycles. The molecule has 0 spiro atoms. The second-order valence-electron chi connectivity index (χ2n) is 4.35. The zero-order valence-corrected chi connectivity index (χ0v) is 11.3. The van der Waals surface area contributed by atoms with E-state index in [9.17, 15) is 14.7 Å². The number of amides is 1. The van der Waals surface area contributed by atoms with Gasteiger partial charge in [-0.25, -0.2) is 9.78 Å². The van der Waals surface area contributed by atoms with Crippen LogP contribution in [0.1, 0.15) is 40.1 Å². The Kier molecular flexibility index (Phi) is 4.17. The number of carboxylic acid groups (broad SMARTS) is 1. The van der Waals surface area contributed by atoms with E-state index < -0.39 is 11.9 Å². The molecule has 21 heavy (non-hydrogen) atoms. The van der Waals surface area contributed by atoms with Gasteiger partial charge in [-0.05, 0) is 24.6 Å². The number of carbonyl (C=O) groups is 2. The van der Waals surface area contributed by atoms with E-state index >= 15 is 0 Å². The molecule has 1 aromatic heterocycles. The molecule has 1 amide bonds. The number of aromatic hydroxyl groups is 1. The molecule has 110 valence electrons. The molecule has 0 atom stereocenters. The highest BCUT2D eigenvalue weighted by Gasteiger charge is 2.15. The number of hydrogen-bond acceptors (Lipinski definition) is 5. The van der Waals surface area contributed by atoms with E-state index in [-0.39, 0.29) is 22.8 Å². The number of nitrogens with one attached hydrogen (secondary N) is 2. The Bertz CT molecular complexity index is 681. The Morgan fingerprint density at radius 3 is 2.81 bits per heavy atom. The lowest BCUT2D eigenvalue weighted by Gasteiger charge is -2.06. The Morgan fingerprint density at radius 2 is 2.14 bits per heavy atom. The van der Waals surface area contributed by atoms with Crippen molar-refractivity contribution in [1.82, 2.24) is 15.2 Å². The number of aromatic carboxylic acids is 1. The smallest absolute Gasteiger partial charge is 0.335 e. The maximum absolute atomic E-state index is 12.0. The number of phenols is 1. The topological polar surface area (TPSA) is 128 Å². The van der Waals surface area contributed by atoms with Crippen LogP contribution < -0.4 is 5.32 Å². The fraction of sp³-hybridized carbons (Fsp3) is 0.231. The Morgan fingerprint density at radius 1 is 1.38 bits per heavy atom. The molecule has 2 aromatic rings. The van der Waals surface area contributed by atoms with Gasteiger partial charge in [0.2, 0.25) is 5.82 Å². The van der Waals surface area contributed by atoms with Crippen molar-refractivity contribution in [2.45, 2.75) is 19.8 Å². The molecule has 0 unspecified atom stereocenters. The highest BCUT2D eigenvalue weighted by molar-refractivity contribution is 6.03. The zero-order chi connectivity index (χ0) is 15.4. The Hall–Kier alpha value is -2.90. The number of phenolic OH excluding ortho intramolecular Hbond substituents is 1. The van der Waals surface area contributed by atoms with Crippen LogP contribution in [-0.4, -0.2) is 37.3 Å². The molecular formula is C13H14N4O4. The van der Waals surface area contributed by atoms with Crippen molar-refractivity contribution in [3.8, 4) is 5.75 Å². The lowest BCUT2D eigenvalue weighted by molar-refractivity contribution is 0.0696. The number of nitrogens with zero attached hydrogens (tertiary/aromatic N) is 2. The third-order valence-electron chi connectivity index (χ3n) is 2.71. The maximum atomic E-state index is 12.0. The molecule has 0 saturated heterocycles. The fourth-order valence-electron chi connectivity index (χ4n) is 1.69. The summed E-state index contributed by atoms with van der Waals surface area (Å²) in [6.07, 6.45) is 1.53. The predicted octanol–water partition coefficient (Wildman–Crippen LogP) is 1.41. The minimum Gasteiger partial charge on any atom is -0.506 e. The summed E-state index contributed by atoms with van der Waals surface area (Å²) in [7, 11) is 0. The molecule has 0 radical (unpaired) electrons. The normalized spacial score (nSPS) is 10.3. The van der Waals surface area contributed by atoms with Crippen molar-refractivity contribution in [2.75, 3.05) is 5.32 Å². The summed E-state index contributed by atoms with van der Waals surface area (Å²) in [5.74, 6) is -1.51. The number of benzene rings is 1. The van der Waals surface area contributed by atoms with Crippen LogP contribution in [0.2, 0.25) is 0 Å². The molecular weight excluding hydrogens is 276 g/mol. The second-order valence-corrected chi connectivity index (χ2v) is 4.35. The molecule has 0 saturated carbocycles. The first-order valence-electron chi connectivity index (χ1n) is 6.30. The number of anilines is 1. The van der Waals surface area contributed by atoms with Crippen molar-refractivity contribution in [3.63, 3.8) is 0 Å². The largest absolute Gasteiger partial charge is 0.506 e. The molecule has 8 nitrogen and oxygen atoms in total. The van der Waals surface area contributed by atoms with E-state index in [0.717, 1.165) is 12.5 Å². The molecule has 2 rings (SSSR count). The number of H-pyrrole nitrogens is 1. The summed E-state index contributed by atoms with van der Waals surface area (Å²) in [6, 6.07) is 3.59. The monoisotopic (exact) mass is 290 g/mol. The van der Waals surface area contributed by atoms with Gasteiger partial charge in [-0.15, -0.1) is 5.10 Å². The summed E-state index contributed by atoms with van der Waals surface area (Å²) in [4.78, 5) is 26.8. The van der Waals surface area contributed by atoms with E-state index in [1.54, 1.807) is 0 Å². The van der Waals surface area contributed by atoms with Crippen LogP contribution in [0.15, 0.2) is 18.2 Å². The molecule has 4 N–H and O–H groups in total. The Balaban J connectivity index is 2.18. The van der Waals surface area contributed by atoms with Gasteiger partial charge in [0.25, 0.3) is 5.91 Å². The van der Waals surface area contributed by atoms with E-state index in [0.29, 0.717) is 12.2 Å². The predicted molar refractivity (Wildman–Crippen MR) is 73.4 cm³/mol. The fourth-order valence-corrected chi connectivity index (χ4v) is 1.69. The van der Waals surface area contributed by atoms with Gasteiger partial charge in [-0.2, -0.15) is 0 Å². The van der Waals surface area contributed by atoms with Crippen LogP contribution >= 0.6 is 0 Å². The van der Waals surface area contributed by atoms with Crippen molar-refractivity contribution in [1.29, 1.82) is 0 Å². The summed E-state index contributed by atoms with van der Waals surface area (Å²) < 4.78 is 0. The SMILES string of the molecule is CCCc1nc(C(=O)Nc2cc(C(=O)O)ccc2O)n[nH]1. The first kappa shape index (κ1) is 14.5. The van der Waals surface area contributed by atoms with E-state index in [1.165, 1.54) is 12.1 Å². The van der Waals surface area contributed by atoms with Gasteiger partial charge in [0.1, 0.15) is 11.6 Å². The first-order chi connectivity index (χ1) is 10.0. The van der Waals surface area contributed by atoms with Crippen LogP contribution in [0.3, 0.4) is 0 Å². The van der Waals surface area contributed by atoms with Gasteiger partial charge < -0.3 is 15.5 Å². The van der Waals surface area contributed by atoms with Crippen molar-refractivity contribution in [2.24, 2.45) is 0 Å². The van der Waals surface area contributed by atoms with Crippen LogP contribution in [0.25, 0.3) is 0 Å². The van der Waals surface area contributed by atoms with Gasteiger partial charge in [-0.3, -0.25) is 9.89 Å². The summed E-state index contributed by atoms with van der Waals surface area (Å²) >= 11 is 0. The van der Waals surface area contributed by atoms with E-state index in [1.807, 2.05) is 6.92 Å². The number of rotatable bonds is 5. The molecule has 1 heterocycles. The molecule has 0 fully saturated rings. The first-order valence-corrected chi connectivity index (χ1v) is 6.30. The van der Waals surface area contributed by atoms with Gasteiger partial charge in [0.15, 0.2) is 0 Å². The number of carboxylic acids is 1. The molecule has 0 aliphatic carbocycles. The zero-order valence-electron chi connectivity index (χ0n) is 11.3. The average Bonchev–Trinajstić information content (AvgIpc) is 2.90. The van der Waals surface area contributed by atoms with Gasteiger partial charge in [-0.1, -0.05) is 6.92 Å². The number of hydrogen-bond donors (Lipinski definition) is 4. The van der Waals surface area contributed by atoms with Gasteiger partial charge >= 0.3 is 5.97 Å². The van der Waals surface area contributed by atoms with E-state index in [2.05, 4.69) is 20.5 Å². The molecule has 0 bridgehead atoms. The van der Waals surface area contributed by atoms with E-state index in [4.69, 9.17) is 5.11 Å². The van der Waals surface area contributed by atoms with Gasteiger partial charge in [0.05, 0.1) is 11.3 Å². The molecule has 1 aromatic carbocycles. The van der Waals surface area contributed by atoms with Gasteiger partial charge in [0, 0.05) is 6.42 Å². The van der Waals surface area contributed by atoms with Crippen molar-refractivity contribution in [3.05, 3.63) is 35.4 Å². The standard InChI is InChI=1S/C13H14N4O4/c1-2-3-10-15-11(17-16-10)12(19)14-8-6-7(13(20)21)4-5-9(8)18/h4-6,18H,2-3H2,1H3,(H,14,19)(H,20,21)(H,15,16,17). The number of aromatic amines is 1.